The summed E-state index contributed by atoms with van der Waals surface area (Å²) in [6, 6.07) is 1.57. The number of rotatable bonds is 4. The zero-order valence-corrected chi connectivity index (χ0v) is 12.0. The molecule has 1 heterocycles. The van der Waals surface area contributed by atoms with Gasteiger partial charge in [-0.15, -0.1) is 0 Å². The van der Waals surface area contributed by atoms with Gasteiger partial charge in [0.25, 0.3) is 0 Å². The first kappa shape index (κ1) is 12.9. The molecule has 18 heavy (non-hydrogen) atoms. The molecule has 104 valence electrons. The Bertz CT molecular complexity index is 256. The third kappa shape index (κ3) is 3.27. The molecule has 2 heteroatoms. The van der Waals surface area contributed by atoms with Gasteiger partial charge in [-0.1, -0.05) is 32.1 Å². The van der Waals surface area contributed by atoms with Gasteiger partial charge in [0.15, 0.2) is 0 Å². The highest BCUT2D eigenvalue weighted by Crippen LogP contribution is 2.36. The number of piperazine rings is 1. The van der Waals surface area contributed by atoms with Gasteiger partial charge in [-0.25, -0.2) is 0 Å². The van der Waals surface area contributed by atoms with Crippen LogP contribution in [0.15, 0.2) is 0 Å². The Morgan fingerprint density at radius 3 is 2.56 bits per heavy atom. The Kier molecular flexibility index (Phi) is 4.25. The molecule has 1 aliphatic heterocycles. The Labute approximate surface area is 113 Å². The van der Waals surface area contributed by atoms with Gasteiger partial charge in [0.1, 0.15) is 0 Å². The van der Waals surface area contributed by atoms with Crippen molar-refractivity contribution in [3.05, 3.63) is 0 Å². The molecular weight excluding hydrogens is 220 g/mol. The van der Waals surface area contributed by atoms with Gasteiger partial charge in [0.05, 0.1) is 0 Å². The first-order valence-corrected chi connectivity index (χ1v) is 8.30. The predicted molar refractivity (Wildman–Crippen MR) is 76.7 cm³/mol. The Morgan fingerprint density at radius 2 is 1.83 bits per heavy atom. The van der Waals surface area contributed by atoms with Crippen LogP contribution in [0.1, 0.15) is 58.3 Å². The first-order chi connectivity index (χ1) is 8.83. The zero-order chi connectivity index (χ0) is 12.4. The van der Waals surface area contributed by atoms with E-state index in [2.05, 4.69) is 17.1 Å². The van der Waals surface area contributed by atoms with E-state index in [1.807, 2.05) is 0 Å². The highest BCUT2D eigenvalue weighted by Gasteiger charge is 2.37. The van der Waals surface area contributed by atoms with Crippen LogP contribution >= 0.6 is 0 Å². The molecular formula is C16H30N2. The second-order valence-corrected chi connectivity index (χ2v) is 7.00. The largest absolute Gasteiger partial charge is 0.311 e. The summed E-state index contributed by atoms with van der Waals surface area (Å²) in [6.07, 6.45) is 11.9. The summed E-state index contributed by atoms with van der Waals surface area (Å²) < 4.78 is 0. The van der Waals surface area contributed by atoms with Gasteiger partial charge >= 0.3 is 0 Å². The second-order valence-electron chi connectivity index (χ2n) is 7.00. The molecule has 0 bridgehead atoms. The Balaban J connectivity index is 1.48. The van der Waals surface area contributed by atoms with Crippen LogP contribution in [0.5, 0.6) is 0 Å². The summed E-state index contributed by atoms with van der Waals surface area (Å²) in [5.41, 5.74) is 0. The van der Waals surface area contributed by atoms with Crippen LogP contribution in [0.25, 0.3) is 0 Å². The van der Waals surface area contributed by atoms with Crippen molar-refractivity contribution < 1.29 is 0 Å². The van der Waals surface area contributed by atoms with Crippen LogP contribution in [0.4, 0.5) is 0 Å². The molecule has 1 N–H and O–H groups in total. The lowest BCUT2D eigenvalue weighted by molar-refractivity contribution is 0.108. The van der Waals surface area contributed by atoms with Crippen molar-refractivity contribution in [3.63, 3.8) is 0 Å². The maximum absolute atomic E-state index is 3.68. The van der Waals surface area contributed by atoms with Crippen molar-refractivity contribution in [1.29, 1.82) is 0 Å². The highest BCUT2D eigenvalue weighted by atomic mass is 15.2. The van der Waals surface area contributed by atoms with Crippen LogP contribution in [-0.2, 0) is 0 Å². The molecule has 0 aromatic rings. The van der Waals surface area contributed by atoms with Crippen LogP contribution in [0, 0.1) is 11.8 Å². The van der Waals surface area contributed by atoms with E-state index in [1.165, 1.54) is 71.0 Å². The van der Waals surface area contributed by atoms with E-state index in [4.69, 9.17) is 0 Å². The normalized spacial score (nSPS) is 35.8. The minimum Gasteiger partial charge on any atom is -0.311 e. The number of hydrogen-bond acceptors (Lipinski definition) is 2. The van der Waals surface area contributed by atoms with E-state index in [1.54, 1.807) is 0 Å². The second kappa shape index (κ2) is 5.92. The summed E-state index contributed by atoms with van der Waals surface area (Å²) in [7, 11) is 0. The lowest BCUT2D eigenvalue weighted by atomic mass is 9.86. The molecule has 0 aromatic carbocycles. The monoisotopic (exact) mass is 250 g/mol. The van der Waals surface area contributed by atoms with Crippen molar-refractivity contribution in [1.82, 2.24) is 10.2 Å². The molecule has 0 spiro atoms. The molecule has 0 aromatic heterocycles. The van der Waals surface area contributed by atoms with Gasteiger partial charge in [-0.05, 0) is 44.6 Å². The van der Waals surface area contributed by atoms with Crippen molar-refractivity contribution in [3.8, 4) is 0 Å². The van der Waals surface area contributed by atoms with Crippen molar-refractivity contribution in [2.45, 2.75) is 70.4 Å². The molecule has 1 saturated heterocycles. The summed E-state index contributed by atoms with van der Waals surface area (Å²) in [4.78, 5) is 2.83. The fourth-order valence-electron chi connectivity index (χ4n) is 4.03. The molecule has 2 saturated carbocycles. The maximum Gasteiger partial charge on any atom is 0.0249 e. The highest BCUT2D eigenvalue weighted by molar-refractivity contribution is 4.94. The van der Waals surface area contributed by atoms with E-state index in [0.29, 0.717) is 6.04 Å². The van der Waals surface area contributed by atoms with Crippen LogP contribution < -0.4 is 5.32 Å². The molecule has 0 amide bonds. The van der Waals surface area contributed by atoms with Crippen LogP contribution in [-0.4, -0.2) is 36.6 Å². The van der Waals surface area contributed by atoms with Gasteiger partial charge in [-0.2, -0.15) is 0 Å². The van der Waals surface area contributed by atoms with E-state index in [-0.39, 0.29) is 0 Å². The van der Waals surface area contributed by atoms with Crippen molar-refractivity contribution in [2.75, 3.05) is 19.6 Å². The summed E-state index contributed by atoms with van der Waals surface area (Å²) in [5, 5.41) is 3.68. The minimum absolute atomic E-state index is 0.700. The lowest BCUT2D eigenvalue weighted by Gasteiger charge is -2.40. The number of hydrogen-bond donors (Lipinski definition) is 1. The topological polar surface area (TPSA) is 15.3 Å². The number of nitrogens with one attached hydrogen (secondary N) is 1. The summed E-state index contributed by atoms with van der Waals surface area (Å²) in [6.45, 7) is 6.25. The zero-order valence-electron chi connectivity index (χ0n) is 12.0. The van der Waals surface area contributed by atoms with Gasteiger partial charge in [0.2, 0.25) is 0 Å². The van der Waals surface area contributed by atoms with Crippen molar-refractivity contribution >= 4 is 0 Å². The molecule has 2 atom stereocenters. The van der Waals surface area contributed by atoms with E-state index < -0.39 is 0 Å². The van der Waals surface area contributed by atoms with Crippen molar-refractivity contribution in [2.24, 2.45) is 11.8 Å². The Hall–Kier alpha value is -0.0800. The standard InChI is InChI=1S/C16H30N2/c1-13-12-18(16(11-17-13)15-7-8-15)10-9-14-5-3-2-4-6-14/h13-17H,2-12H2,1H3. The van der Waals surface area contributed by atoms with Gasteiger partial charge in [0, 0.05) is 25.2 Å². The van der Waals surface area contributed by atoms with Gasteiger partial charge in [-0.3, -0.25) is 4.90 Å². The fourth-order valence-corrected chi connectivity index (χ4v) is 4.03. The summed E-state index contributed by atoms with van der Waals surface area (Å²) >= 11 is 0. The molecule has 2 unspecified atom stereocenters. The smallest absolute Gasteiger partial charge is 0.0249 e. The predicted octanol–water partition coefficient (Wildman–Crippen LogP) is 3.03. The average molecular weight is 250 g/mol. The maximum atomic E-state index is 3.68. The quantitative estimate of drug-likeness (QED) is 0.825. The van der Waals surface area contributed by atoms with Crippen LogP contribution in [0.2, 0.25) is 0 Å². The van der Waals surface area contributed by atoms with Gasteiger partial charge < -0.3 is 5.32 Å². The Morgan fingerprint density at radius 1 is 1.06 bits per heavy atom. The minimum atomic E-state index is 0.700. The third-order valence-corrected chi connectivity index (χ3v) is 5.37. The van der Waals surface area contributed by atoms with Crippen LogP contribution in [0.3, 0.4) is 0 Å². The average Bonchev–Trinajstić information content (AvgIpc) is 3.22. The molecule has 0 radical (unpaired) electrons. The molecule has 3 fully saturated rings. The molecule has 3 rings (SSSR count). The molecule has 3 aliphatic rings. The van der Waals surface area contributed by atoms with E-state index in [9.17, 15) is 0 Å². The van der Waals surface area contributed by atoms with E-state index in [0.717, 1.165) is 17.9 Å². The lowest BCUT2D eigenvalue weighted by Crippen LogP contribution is -2.56. The summed E-state index contributed by atoms with van der Waals surface area (Å²) in [5.74, 6) is 2.07. The third-order valence-electron chi connectivity index (χ3n) is 5.37. The fraction of sp³-hybridized carbons (Fsp3) is 1.00. The SMILES string of the molecule is CC1CN(CCC2CCCCC2)C(C2CC2)CN1. The molecule has 2 nitrogen and oxygen atoms in total. The molecule has 2 aliphatic carbocycles. The van der Waals surface area contributed by atoms with E-state index >= 15 is 0 Å². The first-order valence-electron chi connectivity index (χ1n) is 8.30. The number of nitrogens with zero attached hydrogens (tertiary/aromatic N) is 1.